The van der Waals surface area contributed by atoms with E-state index in [0.29, 0.717) is 29.8 Å². The van der Waals surface area contributed by atoms with Crippen LogP contribution >= 0.6 is 11.6 Å². The average Bonchev–Trinajstić information content (AvgIpc) is 3.05. The molecule has 0 saturated heterocycles. The Hall–Kier alpha value is -3.19. The number of halogens is 1. The van der Waals surface area contributed by atoms with Crippen molar-refractivity contribution in [1.82, 2.24) is 19.7 Å². The van der Waals surface area contributed by atoms with Gasteiger partial charge in [0.1, 0.15) is 23.0 Å². The van der Waals surface area contributed by atoms with E-state index in [-0.39, 0.29) is 0 Å². The third kappa shape index (κ3) is 4.51. The highest BCUT2D eigenvalue weighted by Crippen LogP contribution is 2.18. The molecule has 3 rings (SSSR count). The summed E-state index contributed by atoms with van der Waals surface area (Å²) in [6.07, 6.45) is 5.45. The van der Waals surface area contributed by atoms with E-state index in [9.17, 15) is 4.79 Å². The van der Waals surface area contributed by atoms with Crippen molar-refractivity contribution in [3.8, 4) is 11.7 Å². The van der Waals surface area contributed by atoms with Gasteiger partial charge < -0.3 is 10.1 Å². The number of carbonyl (C=O) groups excluding carboxylic acids is 1. The van der Waals surface area contributed by atoms with Crippen LogP contribution in [0.4, 0.5) is 5.82 Å². The van der Waals surface area contributed by atoms with E-state index in [0.717, 1.165) is 22.6 Å². The number of ether oxygens (including phenoxy) is 1. The molecule has 0 aliphatic heterocycles. The van der Waals surface area contributed by atoms with Crippen LogP contribution in [-0.4, -0.2) is 33.1 Å². The molecule has 0 fully saturated rings. The summed E-state index contributed by atoms with van der Waals surface area (Å²) in [4.78, 5) is 19.2. The summed E-state index contributed by atoms with van der Waals surface area (Å²) in [6, 6.07) is 9.39. The molecule has 27 heavy (non-hydrogen) atoms. The van der Waals surface area contributed by atoms with E-state index >= 15 is 0 Å². The van der Waals surface area contributed by atoms with Crippen molar-refractivity contribution in [2.75, 3.05) is 12.4 Å². The molecule has 0 atom stereocenters. The molecule has 7 nitrogen and oxygen atoms in total. The third-order valence-corrected chi connectivity index (χ3v) is 4.10. The number of allylic oxidation sites excluding steroid dienone is 1. The van der Waals surface area contributed by atoms with Crippen LogP contribution in [-0.2, 0) is 11.3 Å². The molecule has 1 N–H and O–H groups in total. The summed E-state index contributed by atoms with van der Waals surface area (Å²) >= 11 is 6.15. The van der Waals surface area contributed by atoms with Crippen LogP contribution in [0.15, 0.2) is 42.6 Å². The number of rotatable bonds is 7. The lowest BCUT2D eigenvalue weighted by Crippen LogP contribution is -2.08. The maximum absolute atomic E-state index is 10.5. The van der Waals surface area contributed by atoms with Gasteiger partial charge in [-0.05, 0) is 36.8 Å². The number of hydrogen-bond donors (Lipinski definition) is 1. The molecule has 2 aromatic heterocycles. The molecule has 0 amide bonds. The Morgan fingerprint density at radius 3 is 2.74 bits per heavy atom. The number of anilines is 1. The number of nitrogens with zero attached hydrogens (tertiary/aromatic N) is 4. The first kappa shape index (κ1) is 18.6. The van der Waals surface area contributed by atoms with Crippen molar-refractivity contribution in [3.05, 3.63) is 64.6 Å². The summed E-state index contributed by atoms with van der Waals surface area (Å²) in [7, 11) is 1.63. The molecule has 8 heteroatoms. The van der Waals surface area contributed by atoms with Gasteiger partial charge in [-0.25, -0.2) is 4.68 Å². The second kappa shape index (κ2) is 8.46. The van der Waals surface area contributed by atoms with Crippen molar-refractivity contribution >= 4 is 29.8 Å². The average molecular weight is 384 g/mol. The number of aldehydes is 1. The standard InChI is InChI=1S/C19H18ClN5O2/c1-13-15(4-3-9-26)12-22-25(13)19-23-17(20)10-18(24-19)21-11-14-5-7-16(27-2)8-6-14/h3-10,12H,11H2,1-2H3,(H,21,23,24). The lowest BCUT2D eigenvalue weighted by Gasteiger charge is -2.09. The SMILES string of the molecule is COc1ccc(CNc2cc(Cl)nc(-n3ncc(C=CC=O)c3C)n2)cc1. The number of carbonyl (C=O) groups is 1. The van der Waals surface area contributed by atoms with Gasteiger partial charge in [0.05, 0.1) is 19.0 Å². The van der Waals surface area contributed by atoms with Gasteiger partial charge in [-0.15, -0.1) is 0 Å². The molecule has 1 aromatic carbocycles. The first-order valence-corrected chi connectivity index (χ1v) is 8.56. The van der Waals surface area contributed by atoms with Crippen molar-refractivity contribution in [3.63, 3.8) is 0 Å². The van der Waals surface area contributed by atoms with Crippen LogP contribution in [0.25, 0.3) is 12.0 Å². The van der Waals surface area contributed by atoms with E-state index in [1.165, 1.54) is 6.08 Å². The molecule has 0 aliphatic rings. The molecule has 138 valence electrons. The van der Waals surface area contributed by atoms with E-state index in [2.05, 4.69) is 20.4 Å². The minimum Gasteiger partial charge on any atom is -0.497 e. The van der Waals surface area contributed by atoms with E-state index < -0.39 is 0 Å². The van der Waals surface area contributed by atoms with Crippen LogP contribution in [0.2, 0.25) is 5.15 Å². The quantitative estimate of drug-likeness (QED) is 0.382. The molecular formula is C19H18ClN5O2. The number of hydrogen-bond acceptors (Lipinski definition) is 6. The van der Waals surface area contributed by atoms with Gasteiger partial charge in [0.2, 0.25) is 0 Å². The summed E-state index contributed by atoms with van der Waals surface area (Å²) in [5.74, 6) is 1.74. The highest BCUT2D eigenvalue weighted by molar-refractivity contribution is 6.29. The highest BCUT2D eigenvalue weighted by Gasteiger charge is 2.11. The van der Waals surface area contributed by atoms with Gasteiger partial charge in [-0.2, -0.15) is 15.1 Å². The van der Waals surface area contributed by atoms with E-state index in [1.807, 2.05) is 31.2 Å². The predicted octanol–water partition coefficient (Wildman–Crippen LogP) is 3.46. The highest BCUT2D eigenvalue weighted by atomic mass is 35.5. The fourth-order valence-corrected chi connectivity index (χ4v) is 2.64. The zero-order valence-electron chi connectivity index (χ0n) is 14.9. The number of aromatic nitrogens is 4. The molecule has 2 heterocycles. The Labute approximate surface area is 161 Å². The molecule has 3 aromatic rings. The van der Waals surface area contributed by atoms with Crippen LogP contribution in [0, 0.1) is 6.92 Å². The molecule has 0 bridgehead atoms. The van der Waals surface area contributed by atoms with Gasteiger partial charge >= 0.3 is 0 Å². The Kier molecular flexibility index (Phi) is 5.83. The normalized spacial score (nSPS) is 10.9. The largest absolute Gasteiger partial charge is 0.497 e. The smallest absolute Gasteiger partial charge is 0.254 e. The van der Waals surface area contributed by atoms with Crippen LogP contribution < -0.4 is 10.1 Å². The number of nitrogens with one attached hydrogen (secondary N) is 1. The summed E-state index contributed by atoms with van der Waals surface area (Å²) in [6.45, 7) is 2.44. The molecule has 0 radical (unpaired) electrons. The number of benzene rings is 1. The monoisotopic (exact) mass is 383 g/mol. The zero-order valence-corrected chi connectivity index (χ0v) is 15.6. The fourth-order valence-electron chi connectivity index (χ4n) is 2.46. The Morgan fingerprint density at radius 2 is 2.04 bits per heavy atom. The Morgan fingerprint density at radius 1 is 1.26 bits per heavy atom. The summed E-state index contributed by atoms with van der Waals surface area (Å²) in [5, 5.41) is 7.82. The molecular weight excluding hydrogens is 366 g/mol. The lowest BCUT2D eigenvalue weighted by molar-refractivity contribution is -0.104. The topological polar surface area (TPSA) is 81.9 Å². The zero-order chi connectivity index (χ0) is 19.2. The predicted molar refractivity (Wildman–Crippen MR) is 104 cm³/mol. The Balaban J connectivity index is 1.80. The van der Waals surface area contributed by atoms with Gasteiger partial charge in [0, 0.05) is 18.2 Å². The fraction of sp³-hybridized carbons (Fsp3) is 0.158. The lowest BCUT2D eigenvalue weighted by atomic mass is 10.2. The van der Waals surface area contributed by atoms with Crippen molar-refractivity contribution < 1.29 is 9.53 Å². The minimum atomic E-state index is 0.303. The maximum atomic E-state index is 10.5. The van der Waals surface area contributed by atoms with Crippen LogP contribution in [0.5, 0.6) is 5.75 Å². The first-order chi connectivity index (χ1) is 13.1. The van der Waals surface area contributed by atoms with Gasteiger partial charge in [0.15, 0.2) is 0 Å². The molecule has 0 spiro atoms. The second-order valence-corrected chi connectivity index (χ2v) is 6.06. The van der Waals surface area contributed by atoms with Gasteiger partial charge in [0.25, 0.3) is 5.95 Å². The van der Waals surface area contributed by atoms with Crippen LogP contribution in [0.1, 0.15) is 16.8 Å². The van der Waals surface area contributed by atoms with E-state index in [1.54, 1.807) is 30.1 Å². The third-order valence-electron chi connectivity index (χ3n) is 3.91. The minimum absolute atomic E-state index is 0.303. The van der Waals surface area contributed by atoms with Crippen molar-refractivity contribution in [2.24, 2.45) is 0 Å². The summed E-state index contributed by atoms with van der Waals surface area (Å²) in [5.41, 5.74) is 2.68. The first-order valence-electron chi connectivity index (χ1n) is 8.19. The Bertz CT molecular complexity index is 967. The molecule has 0 saturated carbocycles. The van der Waals surface area contributed by atoms with Crippen LogP contribution in [0.3, 0.4) is 0 Å². The van der Waals surface area contributed by atoms with Crippen molar-refractivity contribution in [2.45, 2.75) is 13.5 Å². The second-order valence-electron chi connectivity index (χ2n) is 5.67. The van der Waals surface area contributed by atoms with Gasteiger partial charge in [-0.3, -0.25) is 4.79 Å². The van der Waals surface area contributed by atoms with Crippen molar-refractivity contribution in [1.29, 1.82) is 0 Å². The maximum Gasteiger partial charge on any atom is 0.254 e. The summed E-state index contributed by atoms with van der Waals surface area (Å²) < 4.78 is 6.74. The van der Waals surface area contributed by atoms with Gasteiger partial charge in [-0.1, -0.05) is 23.7 Å². The molecule has 0 aliphatic carbocycles. The van der Waals surface area contributed by atoms with E-state index in [4.69, 9.17) is 16.3 Å². The molecule has 0 unspecified atom stereocenters. The number of methoxy groups -OCH3 is 1.